The first kappa shape index (κ1) is 82.0. The second-order valence-corrected chi connectivity index (χ2v) is 32.2. The van der Waals surface area contributed by atoms with Crippen molar-refractivity contribution >= 4 is 30.1 Å². The molecule has 2 fully saturated rings. The van der Waals surface area contributed by atoms with Gasteiger partial charge >= 0.3 is 0 Å². The maximum Gasteiger partial charge on any atom is 0.214 e. The van der Waals surface area contributed by atoms with Gasteiger partial charge in [-0.3, -0.25) is 0 Å². The molecule has 71 heavy (non-hydrogen) atoms. The van der Waals surface area contributed by atoms with Crippen LogP contribution in [-0.2, 0) is 34.8 Å². The number of aliphatic hydroxyl groups is 2. The summed E-state index contributed by atoms with van der Waals surface area (Å²) >= 11 is 0. The first-order valence-corrected chi connectivity index (χ1v) is 32.2. The fourth-order valence-corrected chi connectivity index (χ4v) is 8.67. The molecule has 0 atom stereocenters. The fraction of sp³-hybridized carbons (Fsp3) is 1.00. The molecular formula is C56H127N3O9S3. The van der Waals surface area contributed by atoms with Crippen molar-refractivity contribution in [2.75, 3.05) is 6.61 Å². The minimum absolute atomic E-state index is 0.00704. The molecule has 0 heterocycles. The second-order valence-electron chi connectivity index (χ2n) is 25.4. The Kier molecular flexibility index (Phi) is 45.1. The zero-order valence-corrected chi connectivity index (χ0v) is 54.9. The Hall–Kier alpha value is -0.390. The maximum atomic E-state index is 11.2. The summed E-state index contributed by atoms with van der Waals surface area (Å²) in [6, 6.07) is 0.236. The molecule has 2 aliphatic rings. The van der Waals surface area contributed by atoms with Gasteiger partial charge < -0.3 is 14.9 Å². The van der Waals surface area contributed by atoms with Gasteiger partial charge in [0.1, 0.15) is 0 Å². The summed E-state index contributed by atoms with van der Waals surface area (Å²) < 4.78 is 79.5. The Labute approximate surface area is 445 Å². The molecule has 0 unspecified atom stereocenters. The highest BCUT2D eigenvalue weighted by molar-refractivity contribution is 7.90. The summed E-state index contributed by atoms with van der Waals surface area (Å²) in [4.78, 5) is 0. The van der Waals surface area contributed by atoms with Crippen LogP contribution in [0.1, 0.15) is 265 Å². The van der Waals surface area contributed by atoms with E-state index < -0.39 is 35.7 Å². The average Bonchev–Trinajstić information content (AvgIpc) is 3.85. The Balaban J connectivity index is -0.000000171. The van der Waals surface area contributed by atoms with Crippen molar-refractivity contribution in [1.82, 2.24) is 14.2 Å². The zero-order valence-electron chi connectivity index (χ0n) is 52.5. The van der Waals surface area contributed by atoms with Crippen LogP contribution in [0.4, 0.5) is 0 Å². The molecule has 2 saturated carbocycles. The summed E-state index contributed by atoms with van der Waals surface area (Å²) in [5.41, 5.74) is -0.614. The third kappa shape index (κ3) is 52.8. The van der Waals surface area contributed by atoms with Crippen molar-refractivity contribution in [3.8, 4) is 0 Å². The first-order valence-electron chi connectivity index (χ1n) is 27.5. The van der Waals surface area contributed by atoms with E-state index >= 15 is 0 Å². The second kappa shape index (κ2) is 39.0. The van der Waals surface area contributed by atoms with Crippen molar-refractivity contribution in [2.24, 2.45) is 40.9 Å². The van der Waals surface area contributed by atoms with E-state index in [0.29, 0.717) is 23.4 Å². The molecule has 0 saturated heterocycles. The summed E-state index contributed by atoms with van der Waals surface area (Å²) in [6.45, 7) is 61.2. The van der Waals surface area contributed by atoms with E-state index in [0.717, 1.165) is 68.8 Å². The lowest BCUT2D eigenvalue weighted by atomic mass is 9.79. The molecule has 0 aromatic rings. The van der Waals surface area contributed by atoms with Gasteiger partial charge in [-0.2, -0.15) is 0 Å². The van der Waals surface area contributed by atoms with Gasteiger partial charge in [0.15, 0.2) is 0 Å². The van der Waals surface area contributed by atoms with E-state index in [4.69, 9.17) is 4.74 Å². The molecule has 438 valence electrons. The standard InChI is InChI=1S/C8H16O.2C8H18.C7H17NO2S.C7H16O.C6H13NO2S.C6H15NO2S.C6H14O/c1-7(2)8(9)5-3-4-6-8;1-6-8(4,5)7(2)3;1-6(2)8(5)7(3)4;1-6(2)11(9,10)8-7(3,4)5;1-6(2)5-7(3,4)8;1-5(2)10(8,9)7-6-3-4-6;1-5(2)7-10(8,9)6(3)4;1-4-5-7-6(2)3/h7,9H,3-6H2,1-2H3;7H,6H2,1-5H3;6-8H,1-5H3;6,8H,1-5H3;6,8H,5H2,1-4H3;5-7H,3-4H2,1-2H3;5-7H,1-4H3;6H,4-5H2,1-3H3. The summed E-state index contributed by atoms with van der Waals surface area (Å²) in [5, 5.41) is 18.0. The topological polar surface area (TPSA) is 188 Å². The molecule has 2 rings (SSSR count). The number of hydrogen-bond donors (Lipinski definition) is 5. The third-order valence-corrected chi connectivity index (χ3v) is 18.4. The van der Waals surface area contributed by atoms with Gasteiger partial charge in [0.05, 0.1) is 33.1 Å². The van der Waals surface area contributed by atoms with E-state index in [1.165, 1.54) is 19.3 Å². The molecular weight excluding hydrogens is 955 g/mol. The first-order chi connectivity index (χ1) is 31.4. The highest BCUT2D eigenvalue weighted by Gasteiger charge is 2.34. The third-order valence-electron chi connectivity index (χ3n) is 12.3. The monoisotopic (exact) mass is 1080 g/mol. The smallest absolute Gasteiger partial charge is 0.214 e. The number of hydrogen-bond acceptors (Lipinski definition) is 9. The Bertz CT molecular complexity index is 1540. The molecule has 0 aromatic heterocycles. The number of sulfonamides is 3. The van der Waals surface area contributed by atoms with Crippen LogP contribution in [0.25, 0.3) is 0 Å². The number of ether oxygens (including phenoxy) is 1. The van der Waals surface area contributed by atoms with Crippen molar-refractivity contribution in [1.29, 1.82) is 0 Å². The van der Waals surface area contributed by atoms with Crippen molar-refractivity contribution < 1.29 is 40.2 Å². The lowest BCUT2D eigenvalue weighted by Gasteiger charge is -2.27. The summed E-state index contributed by atoms with van der Waals surface area (Å²) in [6.07, 6.45) is 10.2. The van der Waals surface area contributed by atoms with Gasteiger partial charge in [0.2, 0.25) is 30.1 Å². The minimum Gasteiger partial charge on any atom is -0.390 e. The van der Waals surface area contributed by atoms with Crippen LogP contribution >= 0.6 is 0 Å². The number of nitrogens with one attached hydrogen (secondary N) is 3. The van der Waals surface area contributed by atoms with Crippen LogP contribution in [0.2, 0.25) is 0 Å². The molecule has 0 bridgehead atoms. The fourth-order valence-electron chi connectivity index (χ4n) is 5.67. The van der Waals surface area contributed by atoms with Crippen LogP contribution in [0.3, 0.4) is 0 Å². The van der Waals surface area contributed by atoms with Crippen LogP contribution in [0, 0.1) is 40.9 Å². The lowest BCUT2D eigenvalue weighted by Crippen LogP contribution is -2.43. The van der Waals surface area contributed by atoms with Crippen LogP contribution in [0.15, 0.2) is 0 Å². The van der Waals surface area contributed by atoms with E-state index in [1.54, 1.807) is 55.4 Å². The average molecular weight is 1080 g/mol. The summed E-state index contributed by atoms with van der Waals surface area (Å²) in [7, 11) is -9.14. The van der Waals surface area contributed by atoms with Crippen molar-refractivity contribution in [2.45, 2.75) is 316 Å². The van der Waals surface area contributed by atoms with Crippen LogP contribution in [-0.4, -0.2) is 92.8 Å². The molecule has 5 N–H and O–H groups in total. The van der Waals surface area contributed by atoms with Gasteiger partial charge in [-0.15, -0.1) is 0 Å². The largest absolute Gasteiger partial charge is 0.390 e. The molecule has 0 aliphatic heterocycles. The van der Waals surface area contributed by atoms with Gasteiger partial charge in [0.25, 0.3) is 0 Å². The normalized spacial score (nSPS) is 15.3. The van der Waals surface area contributed by atoms with Crippen LogP contribution in [0.5, 0.6) is 0 Å². The zero-order chi connectivity index (χ0) is 58.3. The van der Waals surface area contributed by atoms with Crippen molar-refractivity contribution in [3.05, 3.63) is 0 Å². The Morgan fingerprint density at radius 3 is 1.10 bits per heavy atom. The molecule has 12 nitrogen and oxygen atoms in total. The SMILES string of the molecule is CC(C)C(C)C(C)C.CC(C)C1(O)CCCC1.CC(C)CC(C)(C)O.CC(C)NS(=O)(=O)C(C)C.CC(C)S(=O)(=O)NC(C)(C)C.CC(C)S(=O)(=O)NC1CC1.CCC(C)(C)C(C)C.CCCOC(C)C. The highest BCUT2D eigenvalue weighted by atomic mass is 32.2. The van der Waals surface area contributed by atoms with E-state index in [-0.39, 0.29) is 39.0 Å². The summed E-state index contributed by atoms with van der Waals surface area (Å²) in [5.74, 6) is 4.41. The van der Waals surface area contributed by atoms with Gasteiger partial charge in [0, 0.05) is 24.2 Å². The predicted molar refractivity (Wildman–Crippen MR) is 313 cm³/mol. The van der Waals surface area contributed by atoms with Crippen molar-refractivity contribution in [3.63, 3.8) is 0 Å². The van der Waals surface area contributed by atoms with E-state index in [9.17, 15) is 35.5 Å². The van der Waals surface area contributed by atoms with Gasteiger partial charge in [-0.05, 0) is 183 Å². The van der Waals surface area contributed by atoms with Crippen LogP contribution < -0.4 is 14.2 Å². The quantitative estimate of drug-likeness (QED) is 0.0890. The molecule has 2 aliphatic carbocycles. The highest BCUT2D eigenvalue weighted by Crippen LogP contribution is 2.35. The molecule has 0 aromatic carbocycles. The molecule has 0 amide bonds. The Morgan fingerprint density at radius 1 is 0.606 bits per heavy atom. The van der Waals surface area contributed by atoms with E-state index in [1.807, 2.05) is 34.6 Å². The lowest BCUT2D eigenvalue weighted by molar-refractivity contribution is 0.00204. The predicted octanol–water partition coefficient (Wildman–Crippen LogP) is 13.9. The van der Waals surface area contributed by atoms with Gasteiger partial charge in [-0.25, -0.2) is 39.4 Å². The molecule has 0 radical (unpaired) electrons. The minimum atomic E-state index is -3.11. The van der Waals surface area contributed by atoms with Gasteiger partial charge in [-0.1, -0.05) is 123 Å². The van der Waals surface area contributed by atoms with E-state index in [2.05, 4.69) is 132 Å². The maximum absolute atomic E-state index is 11.2. The molecule has 0 spiro atoms. The number of rotatable bonds is 18. The molecule has 15 heteroatoms. The Morgan fingerprint density at radius 2 is 0.986 bits per heavy atom.